The Balaban J connectivity index is 1.43. The first kappa shape index (κ1) is 19.1. The van der Waals surface area contributed by atoms with Gasteiger partial charge in [-0.25, -0.2) is 4.98 Å². The highest BCUT2D eigenvalue weighted by molar-refractivity contribution is 5.94. The van der Waals surface area contributed by atoms with Gasteiger partial charge in [0.25, 0.3) is 5.91 Å². The van der Waals surface area contributed by atoms with Gasteiger partial charge in [0.2, 0.25) is 0 Å². The van der Waals surface area contributed by atoms with Crippen molar-refractivity contribution in [1.29, 1.82) is 5.26 Å². The summed E-state index contributed by atoms with van der Waals surface area (Å²) in [6.45, 7) is 1.67. The number of carbonyl (C=O) groups excluding carboxylic acids is 1. The van der Waals surface area contributed by atoms with E-state index in [1.54, 1.807) is 49.5 Å². The standard InChI is InChI=1S/C24H18N4O2/c1-16(24(29)27-19-6-4-5-17(13-19)14-25)30-20-11-9-18(10-12-20)23-15-26-21-7-2-3-8-22(21)28-23/h2-13,15-16H,1H3,(H,27,29). The van der Waals surface area contributed by atoms with E-state index in [2.05, 4.69) is 15.3 Å². The zero-order valence-electron chi connectivity index (χ0n) is 16.2. The number of rotatable bonds is 5. The van der Waals surface area contributed by atoms with E-state index in [0.29, 0.717) is 17.0 Å². The predicted molar refractivity (Wildman–Crippen MR) is 115 cm³/mol. The van der Waals surface area contributed by atoms with Crippen molar-refractivity contribution >= 4 is 22.6 Å². The van der Waals surface area contributed by atoms with E-state index < -0.39 is 6.10 Å². The van der Waals surface area contributed by atoms with Gasteiger partial charge in [-0.3, -0.25) is 9.78 Å². The molecular formula is C24H18N4O2. The number of nitrogens with one attached hydrogen (secondary N) is 1. The Bertz CT molecular complexity index is 1250. The summed E-state index contributed by atoms with van der Waals surface area (Å²) in [7, 11) is 0. The third kappa shape index (κ3) is 4.26. The number of benzene rings is 3. The van der Waals surface area contributed by atoms with E-state index in [9.17, 15) is 4.79 Å². The van der Waals surface area contributed by atoms with Gasteiger partial charge < -0.3 is 10.1 Å². The summed E-state index contributed by atoms with van der Waals surface area (Å²) in [5, 5.41) is 11.7. The minimum Gasteiger partial charge on any atom is -0.481 e. The lowest BCUT2D eigenvalue weighted by Crippen LogP contribution is -2.30. The van der Waals surface area contributed by atoms with E-state index in [1.807, 2.05) is 42.5 Å². The van der Waals surface area contributed by atoms with Crippen LogP contribution in [0, 0.1) is 11.3 Å². The monoisotopic (exact) mass is 394 g/mol. The van der Waals surface area contributed by atoms with Crippen LogP contribution in [0.3, 0.4) is 0 Å². The molecule has 6 nitrogen and oxygen atoms in total. The highest BCUT2D eigenvalue weighted by Crippen LogP contribution is 2.23. The molecule has 0 aliphatic rings. The topological polar surface area (TPSA) is 87.9 Å². The number of nitriles is 1. The molecule has 0 aliphatic carbocycles. The van der Waals surface area contributed by atoms with E-state index in [1.165, 1.54) is 0 Å². The molecule has 0 saturated carbocycles. The van der Waals surface area contributed by atoms with Crippen molar-refractivity contribution in [3.8, 4) is 23.1 Å². The normalized spacial score (nSPS) is 11.5. The molecule has 1 heterocycles. The molecule has 6 heteroatoms. The summed E-state index contributed by atoms with van der Waals surface area (Å²) in [6, 6.07) is 23.9. The fraction of sp³-hybridized carbons (Fsp3) is 0.0833. The van der Waals surface area contributed by atoms with Gasteiger partial charge in [0.15, 0.2) is 6.10 Å². The third-order valence-corrected chi connectivity index (χ3v) is 4.54. The largest absolute Gasteiger partial charge is 0.481 e. The molecular weight excluding hydrogens is 376 g/mol. The zero-order chi connectivity index (χ0) is 20.9. The van der Waals surface area contributed by atoms with Gasteiger partial charge in [-0.05, 0) is 61.5 Å². The van der Waals surface area contributed by atoms with Crippen molar-refractivity contribution in [3.05, 3.63) is 84.6 Å². The van der Waals surface area contributed by atoms with Crippen LogP contribution in [0.25, 0.3) is 22.3 Å². The molecule has 0 radical (unpaired) electrons. The Labute approximate surface area is 173 Å². The van der Waals surface area contributed by atoms with Crippen LogP contribution in [0.1, 0.15) is 12.5 Å². The number of para-hydroxylation sites is 2. The number of aromatic nitrogens is 2. The molecule has 0 fully saturated rings. The minimum absolute atomic E-state index is 0.297. The second kappa shape index (κ2) is 8.41. The number of fused-ring (bicyclic) bond motifs is 1. The van der Waals surface area contributed by atoms with Crippen LogP contribution in [-0.4, -0.2) is 22.0 Å². The molecule has 0 spiro atoms. The number of hydrogen-bond donors (Lipinski definition) is 1. The summed E-state index contributed by atoms with van der Waals surface area (Å²) in [5.41, 5.74) is 4.39. The molecule has 0 bridgehead atoms. The average Bonchev–Trinajstić information content (AvgIpc) is 2.79. The maximum Gasteiger partial charge on any atom is 0.265 e. The number of anilines is 1. The van der Waals surface area contributed by atoms with E-state index >= 15 is 0 Å². The van der Waals surface area contributed by atoms with Crippen LogP contribution >= 0.6 is 0 Å². The Hall–Kier alpha value is -4.24. The first-order chi connectivity index (χ1) is 14.6. The molecule has 4 aromatic rings. The Morgan fingerprint density at radius 3 is 2.57 bits per heavy atom. The molecule has 1 N–H and O–H groups in total. The number of carbonyl (C=O) groups is 1. The van der Waals surface area contributed by atoms with Gasteiger partial charge in [-0.15, -0.1) is 0 Å². The highest BCUT2D eigenvalue weighted by atomic mass is 16.5. The van der Waals surface area contributed by atoms with Crippen molar-refractivity contribution in [2.24, 2.45) is 0 Å². The SMILES string of the molecule is CC(Oc1ccc(-c2cnc3ccccc3n2)cc1)C(=O)Nc1cccc(C#N)c1. The van der Waals surface area contributed by atoms with Gasteiger partial charge in [0.05, 0.1) is 34.6 Å². The summed E-state index contributed by atoms with van der Waals surface area (Å²) < 4.78 is 5.75. The Morgan fingerprint density at radius 1 is 1.03 bits per heavy atom. The van der Waals surface area contributed by atoms with Crippen molar-refractivity contribution in [2.45, 2.75) is 13.0 Å². The van der Waals surface area contributed by atoms with Crippen LogP contribution in [0.15, 0.2) is 79.0 Å². The van der Waals surface area contributed by atoms with E-state index in [0.717, 1.165) is 22.3 Å². The first-order valence-electron chi connectivity index (χ1n) is 9.42. The first-order valence-corrected chi connectivity index (χ1v) is 9.42. The summed E-state index contributed by atoms with van der Waals surface area (Å²) >= 11 is 0. The molecule has 0 saturated heterocycles. The molecule has 0 aliphatic heterocycles. The maximum atomic E-state index is 12.4. The molecule has 1 atom stereocenters. The number of ether oxygens (including phenoxy) is 1. The van der Waals surface area contributed by atoms with Crippen LogP contribution < -0.4 is 10.1 Å². The fourth-order valence-corrected chi connectivity index (χ4v) is 2.97. The molecule has 1 unspecified atom stereocenters. The van der Waals surface area contributed by atoms with Crippen LogP contribution in [0.5, 0.6) is 5.75 Å². The summed E-state index contributed by atoms with van der Waals surface area (Å²) in [6.07, 6.45) is 1.03. The zero-order valence-corrected chi connectivity index (χ0v) is 16.2. The van der Waals surface area contributed by atoms with Gasteiger partial charge in [0.1, 0.15) is 5.75 Å². The van der Waals surface area contributed by atoms with E-state index in [4.69, 9.17) is 10.00 Å². The van der Waals surface area contributed by atoms with Crippen molar-refractivity contribution < 1.29 is 9.53 Å². The molecule has 3 aromatic carbocycles. The fourth-order valence-electron chi connectivity index (χ4n) is 2.97. The molecule has 1 amide bonds. The lowest BCUT2D eigenvalue weighted by Gasteiger charge is -2.15. The number of hydrogen-bond acceptors (Lipinski definition) is 5. The van der Waals surface area contributed by atoms with Gasteiger partial charge in [-0.2, -0.15) is 5.26 Å². The molecule has 4 rings (SSSR count). The molecule has 30 heavy (non-hydrogen) atoms. The lowest BCUT2D eigenvalue weighted by atomic mass is 10.1. The number of nitrogens with zero attached hydrogens (tertiary/aromatic N) is 3. The maximum absolute atomic E-state index is 12.4. The molecule has 146 valence electrons. The second-order valence-electron chi connectivity index (χ2n) is 6.71. The minimum atomic E-state index is -0.706. The second-order valence-corrected chi connectivity index (χ2v) is 6.71. The van der Waals surface area contributed by atoms with Crippen LogP contribution in [0.4, 0.5) is 5.69 Å². The quantitative estimate of drug-likeness (QED) is 0.535. The third-order valence-electron chi connectivity index (χ3n) is 4.54. The smallest absolute Gasteiger partial charge is 0.265 e. The predicted octanol–water partition coefficient (Wildman–Crippen LogP) is 4.57. The van der Waals surface area contributed by atoms with E-state index in [-0.39, 0.29) is 5.91 Å². The highest BCUT2D eigenvalue weighted by Gasteiger charge is 2.15. The Kier molecular flexibility index (Phi) is 5.35. The lowest BCUT2D eigenvalue weighted by molar-refractivity contribution is -0.122. The van der Waals surface area contributed by atoms with Crippen molar-refractivity contribution in [3.63, 3.8) is 0 Å². The van der Waals surface area contributed by atoms with Crippen LogP contribution in [0.2, 0.25) is 0 Å². The van der Waals surface area contributed by atoms with Gasteiger partial charge in [-0.1, -0.05) is 18.2 Å². The molecule has 1 aromatic heterocycles. The average molecular weight is 394 g/mol. The van der Waals surface area contributed by atoms with Gasteiger partial charge in [0, 0.05) is 11.3 Å². The number of amides is 1. The van der Waals surface area contributed by atoms with Gasteiger partial charge >= 0.3 is 0 Å². The van der Waals surface area contributed by atoms with Crippen molar-refractivity contribution in [2.75, 3.05) is 5.32 Å². The van der Waals surface area contributed by atoms with Crippen molar-refractivity contribution in [1.82, 2.24) is 9.97 Å². The summed E-state index contributed by atoms with van der Waals surface area (Å²) in [4.78, 5) is 21.5. The Morgan fingerprint density at radius 2 is 1.80 bits per heavy atom. The summed E-state index contributed by atoms with van der Waals surface area (Å²) in [5.74, 6) is 0.274. The van der Waals surface area contributed by atoms with Crippen LogP contribution in [-0.2, 0) is 4.79 Å².